The minimum Gasteiger partial charge on any atom is -0.508 e. The zero-order valence-electron chi connectivity index (χ0n) is 16.1. The summed E-state index contributed by atoms with van der Waals surface area (Å²) in [5, 5.41) is 12.6. The molecule has 1 fully saturated rings. The van der Waals surface area contributed by atoms with E-state index in [1.165, 1.54) is 37.2 Å². The van der Waals surface area contributed by atoms with Crippen molar-refractivity contribution < 1.29 is 5.11 Å². The Bertz CT molecular complexity index is 1130. The van der Waals surface area contributed by atoms with Crippen molar-refractivity contribution in [2.75, 3.05) is 13.1 Å². The van der Waals surface area contributed by atoms with Crippen molar-refractivity contribution in [3.63, 3.8) is 0 Å². The monoisotopic (exact) mass is 402 g/mol. The number of likely N-dealkylation sites (tertiary alicyclic amines) is 1. The highest BCUT2D eigenvalue weighted by Crippen LogP contribution is 2.28. The number of aromatic nitrogens is 3. The van der Waals surface area contributed by atoms with Crippen LogP contribution in [0.2, 0.25) is 0 Å². The lowest BCUT2D eigenvalue weighted by molar-refractivity contribution is 0.222. The average Bonchev–Trinajstić information content (AvgIpc) is 3.23. The number of benzene rings is 1. The van der Waals surface area contributed by atoms with Crippen LogP contribution in [0.5, 0.6) is 5.75 Å². The highest BCUT2D eigenvalue weighted by molar-refractivity contribution is 7.10. The van der Waals surface area contributed by atoms with Crippen molar-refractivity contribution in [3.8, 4) is 28.4 Å². The van der Waals surface area contributed by atoms with E-state index >= 15 is 0 Å². The van der Waals surface area contributed by atoms with Gasteiger partial charge in [-0.2, -0.15) is 0 Å². The minimum atomic E-state index is 0.229. The summed E-state index contributed by atoms with van der Waals surface area (Å²) in [6, 6.07) is 13.2. The van der Waals surface area contributed by atoms with E-state index in [4.69, 9.17) is 4.98 Å². The van der Waals surface area contributed by atoms with Gasteiger partial charge in [0.15, 0.2) is 11.5 Å². The summed E-state index contributed by atoms with van der Waals surface area (Å²) in [6.07, 6.45) is 5.79. The molecule has 1 aliphatic rings. The fourth-order valence-corrected chi connectivity index (χ4v) is 4.67. The number of rotatable bonds is 4. The van der Waals surface area contributed by atoms with Gasteiger partial charge in [-0.15, -0.1) is 11.3 Å². The Hall–Kier alpha value is -2.83. The van der Waals surface area contributed by atoms with Gasteiger partial charge >= 0.3 is 0 Å². The van der Waals surface area contributed by atoms with Crippen molar-refractivity contribution in [2.24, 2.45) is 0 Å². The van der Waals surface area contributed by atoms with Crippen LogP contribution in [0.1, 0.15) is 24.1 Å². The Balaban J connectivity index is 1.42. The number of pyridine rings is 1. The molecule has 5 nitrogen and oxygen atoms in total. The predicted molar refractivity (Wildman–Crippen MR) is 117 cm³/mol. The molecule has 1 saturated heterocycles. The average molecular weight is 403 g/mol. The SMILES string of the molecule is Oc1ccc(-c2ncc3ccc(-c4csc(CN5CCCCC5)c4)nc3n2)cc1. The molecule has 1 aliphatic heterocycles. The number of hydrogen-bond donors (Lipinski definition) is 1. The third kappa shape index (κ3) is 3.99. The number of aromatic hydroxyl groups is 1. The summed E-state index contributed by atoms with van der Waals surface area (Å²) in [5.41, 5.74) is 3.63. The summed E-state index contributed by atoms with van der Waals surface area (Å²) in [4.78, 5) is 17.8. The van der Waals surface area contributed by atoms with Gasteiger partial charge in [-0.05, 0) is 68.4 Å². The fraction of sp³-hybridized carbons (Fsp3) is 0.261. The summed E-state index contributed by atoms with van der Waals surface area (Å²) < 4.78 is 0. The maximum absolute atomic E-state index is 9.49. The van der Waals surface area contributed by atoms with Gasteiger partial charge in [0.2, 0.25) is 0 Å². The standard InChI is InChI=1S/C23H22N4OS/c28-19-7-4-16(5-8-19)22-24-13-17-6-9-21(25-23(17)26-22)18-12-20(29-15-18)14-27-10-2-1-3-11-27/h4-9,12-13,15,28H,1-3,10-11,14H2. The Kier molecular flexibility index (Phi) is 4.96. The zero-order chi connectivity index (χ0) is 19.6. The van der Waals surface area contributed by atoms with Gasteiger partial charge in [-0.3, -0.25) is 4.90 Å². The topological polar surface area (TPSA) is 62.1 Å². The van der Waals surface area contributed by atoms with E-state index in [-0.39, 0.29) is 5.75 Å². The second kappa shape index (κ2) is 7.89. The predicted octanol–water partition coefficient (Wildman–Crippen LogP) is 5.11. The van der Waals surface area contributed by atoms with Crippen molar-refractivity contribution >= 4 is 22.4 Å². The van der Waals surface area contributed by atoms with Crippen LogP contribution in [0.4, 0.5) is 0 Å². The van der Waals surface area contributed by atoms with E-state index in [1.54, 1.807) is 29.7 Å². The number of nitrogens with zero attached hydrogens (tertiary/aromatic N) is 4. The van der Waals surface area contributed by atoms with Gasteiger partial charge in [-0.25, -0.2) is 15.0 Å². The molecular formula is C23H22N4OS. The van der Waals surface area contributed by atoms with Gasteiger partial charge in [0.25, 0.3) is 0 Å². The Labute approximate surface area is 173 Å². The molecule has 0 radical (unpaired) electrons. The van der Waals surface area contributed by atoms with Gasteiger partial charge in [0.1, 0.15) is 5.75 Å². The van der Waals surface area contributed by atoms with Crippen LogP contribution in [-0.2, 0) is 6.54 Å². The summed E-state index contributed by atoms with van der Waals surface area (Å²) in [5.74, 6) is 0.839. The quantitative estimate of drug-likeness (QED) is 0.514. The summed E-state index contributed by atoms with van der Waals surface area (Å²) in [7, 11) is 0. The smallest absolute Gasteiger partial charge is 0.163 e. The maximum Gasteiger partial charge on any atom is 0.163 e. The Morgan fingerprint density at radius 3 is 2.59 bits per heavy atom. The van der Waals surface area contributed by atoms with Crippen molar-refractivity contribution in [1.82, 2.24) is 19.9 Å². The molecular weight excluding hydrogens is 380 g/mol. The molecule has 146 valence electrons. The molecule has 0 aliphatic carbocycles. The second-order valence-electron chi connectivity index (χ2n) is 7.49. The molecule has 6 heteroatoms. The molecule has 3 aromatic heterocycles. The van der Waals surface area contributed by atoms with E-state index in [0.29, 0.717) is 11.5 Å². The minimum absolute atomic E-state index is 0.229. The number of piperidine rings is 1. The van der Waals surface area contributed by atoms with Crippen LogP contribution in [0.3, 0.4) is 0 Å². The first-order chi connectivity index (χ1) is 14.2. The largest absolute Gasteiger partial charge is 0.508 e. The van der Waals surface area contributed by atoms with Crippen molar-refractivity contribution in [3.05, 3.63) is 58.9 Å². The summed E-state index contributed by atoms with van der Waals surface area (Å²) >= 11 is 1.81. The molecule has 1 aromatic carbocycles. The Morgan fingerprint density at radius 1 is 0.931 bits per heavy atom. The fourth-order valence-electron chi connectivity index (χ4n) is 3.76. The molecule has 0 atom stereocenters. The molecule has 29 heavy (non-hydrogen) atoms. The van der Waals surface area contributed by atoms with Crippen LogP contribution in [0.25, 0.3) is 33.7 Å². The molecule has 0 saturated carbocycles. The number of phenolic OH excluding ortho intramolecular Hbond substituents is 1. The molecule has 0 unspecified atom stereocenters. The van der Waals surface area contributed by atoms with E-state index in [2.05, 4.69) is 26.3 Å². The van der Waals surface area contributed by atoms with Crippen LogP contribution >= 0.6 is 11.3 Å². The van der Waals surface area contributed by atoms with E-state index in [9.17, 15) is 5.11 Å². The lowest BCUT2D eigenvalue weighted by Gasteiger charge is -2.25. The highest BCUT2D eigenvalue weighted by Gasteiger charge is 2.13. The van der Waals surface area contributed by atoms with Gasteiger partial charge in [-0.1, -0.05) is 6.42 Å². The molecule has 0 amide bonds. The number of thiophene rings is 1. The maximum atomic E-state index is 9.49. The number of fused-ring (bicyclic) bond motifs is 1. The summed E-state index contributed by atoms with van der Waals surface area (Å²) in [6.45, 7) is 3.45. The molecule has 4 heterocycles. The molecule has 0 bridgehead atoms. The lowest BCUT2D eigenvalue weighted by Crippen LogP contribution is -2.28. The van der Waals surface area contributed by atoms with Crippen LogP contribution in [-0.4, -0.2) is 38.0 Å². The lowest BCUT2D eigenvalue weighted by atomic mass is 10.1. The zero-order valence-corrected chi connectivity index (χ0v) is 16.9. The first-order valence-corrected chi connectivity index (χ1v) is 10.9. The van der Waals surface area contributed by atoms with Gasteiger partial charge in [0, 0.05) is 39.5 Å². The Morgan fingerprint density at radius 2 is 1.76 bits per heavy atom. The van der Waals surface area contributed by atoms with E-state index in [0.717, 1.165) is 28.8 Å². The van der Waals surface area contributed by atoms with Gasteiger partial charge in [0.05, 0.1) is 5.69 Å². The first-order valence-electron chi connectivity index (χ1n) is 9.98. The van der Waals surface area contributed by atoms with Crippen LogP contribution < -0.4 is 0 Å². The number of hydrogen-bond acceptors (Lipinski definition) is 6. The molecule has 0 spiro atoms. The number of phenols is 1. The van der Waals surface area contributed by atoms with Crippen molar-refractivity contribution in [2.45, 2.75) is 25.8 Å². The van der Waals surface area contributed by atoms with E-state index < -0.39 is 0 Å². The van der Waals surface area contributed by atoms with Crippen LogP contribution in [0, 0.1) is 0 Å². The molecule has 1 N–H and O–H groups in total. The third-order valence-electron chi connectivity index (χ3n) is 5.35. The van der Waals surface area contributed by atoms with E-state index in [1.807, 2.05) is 24.3 Å². The van der Waals surface area contributed by atoms with Crippen molar-refractivity contribution in [1.29, 1.82) is 0 Å². The normalized spacial score (nSPS) is 15.0. The molecule has 4 aromatic rings. The highest BCUT2D eigenvalue weighted by atomic mass is 32.1. The first kappa shape index (κ1) is 18.2. The third-order valence-corrected chi connectivity index (χ3v) is 6.27. The van der Waals surface area contributed by atoms with Gasteiger partial charge < -0.3 is 5.11 Å². The van der Waals surface area contributed by atoms with Crippen LogP contribution in [0.15, 0.2) is 54.0 Å². The molecule has 5 rings (SSSR count). The second-order valence-corrected chi connectivity index (χ2v) is 8.48.